The molecule has 2 rings (SSSR count). The second-order valence-electron chi connectivity index (χ2n) is 3.08. The van der Waals surface area contributed by atoms with Crippen LogP contribution >= 0.6 is 11.3 Å². The Kier molecular flexibility index (Phi) is 1.96. The molecule has 1 N–H and O–H groups in total. The van der Waals surface area contributed by atoms with Crippen LogP contribution in [0, 0.1) is 19.1 Å². The summed E-state index contributed by atoms with van der Waals surface area (Å²) in [6, 6.07) is 3.65. The van der Waals surface area contributed by atoms with Gasteiger partial charge in [-0.05, 0) is 16.2 Å². The minimum absolute atomic E-state index is 0.287. The highest BCUT2D eigenvalue weighted by Gasteiger charge is 2.23. The lowest BCUT2D eigenvalue weighted by molar-refractivity contribution is -0.600. The molecular formula is C9H10N2O2S. The Morgan fingerprint density at radius 2 is 2.21 bits per heavy atom. The molecule has 0 unspecified atom stereocenters. The summed E-state index contributed by atoms with van der Waals surface area (Å²) >= 11 is 1.42. The van der Waals surface area contributed by atoms with E-state index in [4.69, 9.17) is 0 Å². The maximum Gasteiger partial charge on any atom is 0.341 e. The smallest absolute Gasteiger partial charge is 0.341 e. The van der Waals surface area contributed by atoms with Crippen molar-refractivity contribution < 1.29 is 9.94 Å². The first-order chi connectivity index (χ1) is 6.63. The van der Waals surface area contributed by atoms with E-state index in [1.807, 2.05) is 11.4 Å². The largest absolute Gasteiger partial charge is 0.710 e. The summed E-state index contributed by atoms with van der Waals surface area (Å²) in [6.45, 7) is 3.40. The molecule has 0 fully saturated rings. The fraction of sp³-hybridized carbons (Fsp3) is 0.222. The van der Waals surface area contributed by atoms with Crippen LogP contribution in [-0.4, -0.2) is 9.94 Å². The second-order valence-corrected chi connectivity index (χ2v) is 4.03. The zero-order valence-electron chi connectivity index (χ0n) is 7.89. The van der Waals surface area contributed by atoms with Crippen molar-refractivity contribution in [2.24, 2.45) is 0 Å². The lowest BCUT2D eigenvalue weighted by Gasteiger charge is -2.01. The molecule has 0 aromatic carbocycles. The van der Waals surface area contributed by atoms with Crippen molar-refractivity contribution in [2.75, 3.05) is 0 Å². The van der Waals surface area contributed by atoms with Crippen LogP contribution in [0.15, 0.2) is 17.5 Å². The van der Waals surface area contributed by atoms with E-state index in [9.17, 15) is 10.4 Å². The lowest BCUT2D eigenvalue weighted by Crippen LogP contribution is -2.30. The van der Waals surface area contributed by atoms with Crippen LogP contribution in [0.1, 0.15) is 11.4 Å². The first kappa shape index (κ1) is 9.08. The number of hydrogen-bond acceptors (Lipinski definition) is 3. The summed E-state index contributed by atoms with van der Waals surface area (Å²) in [7, 11) is 0. The Morgan fingerprint density at radius 3 is 2.64 bits per heavy atom. The summed E-state index contributed by atoms with van der Waals surface area (Å²) in [5.74, 6) is 0.287. The van der Waals surface area contributed by atoms with Gasteiger partial charge >= 0.3 is 5.82 Å². The number of aromatic nitrogens is 2. The molecule has 0 atom stereocenters. The number of hydrogen-bond donors (Lipinski definition) is 1. The quantitative estimate of drug-likeness (QED) is 0.442. The van der Waals surface area contributed by atoms with Gasteiger partial charge in [0.15, 0.2) is 5.69 Å². The monoisotopic (exact) mass is 210 g/mol. The van der Waals surface area contributed by atoms with Crippen molar-refractivity contribution in [2.45, 2.75) is 13.8 Å². The molecule has 5 heteroatoms. The van der Waals surface area contributed by atoms with Gasteiger partial charge in [0.05, 0.1) is 0 Å². The molecule has 0 spiro atoms. The zero-order valence-corrected chi connectivity index (χ0v) is 8.71. The van der Waals surface area contributed by atoms with E-state index in [2.05, 4.69) is 0 Å². The van der Waals surface area contributed by atoms with Crippen molar-refractivity contribution >= 4 is 11.3 Å². The highest BCUT2D eigenvalue weighted by Crippen LogP contribution is 2.23. The third kappa shape index (κ3) is 1.09. The fourth-order valence-corrected chi connectivity index (χ4v) is 2.05. The second kappa shape index (κ2) is 3.02. The fourth-order valence-electron chi connectivity index (χ4n) is 1.31. The highest BCUT2D eigenvalue weighted by atomic mass is 32.1. The van der Waals surface area contributed by atoms with Gasteiger partial charge < -0.3 is 10.4 Å². The van der Waals surface area contributed by atoms with E-state index in [-0.39, 0.29) is 5.82 Å². The third-order valence-electron chi connectivity index (χ3n) is 2.28. The summed E-state index contributed by atoms with van der Waals surface area (Å²) in [6.07, 6.45) is 0. The van der Waals surface area contributed by atoms with E-state index < -0.39 is 0 Å². The van der Waals surface area contributed by atoms with Crippen molar-refractivity contribution in [3.8, 4) is 10.7 Å². The third-order valence-corrected chi connectivity index (χ3v) is 3.15. The van der Waals surface area contributed by atoms with Gasteiger partial charge in [-0.1, -0.05) is 6.07 Å². The standard InChI is InChI=1S/C9H10N2O2S/c1-6-7(2)11(13)9(10(6)12)8-4-3-5-14-8/h3-5,12H,1-2H3. The summed E-state index contributed by atoms with van der Waals surface area (Å²) in [5.41, 5.74) is 1.10. The van der Waals surface area contributed by atoms with Gasteiger partial charge in [0, 0.05) is 13.8 Å². The normalized spacial score (nSPS) is 10.7. The SMILES string of the molecule is Cc1c(C)[n+]([O-])c(-c2cccs2)n1O. The summed E-state index contributed by atoms with van der Waals surface area (Å²) in [4.78, 5) is 0.763. The van der Waals surface area contributed by atoms with Crippen LogP contribution in [0.3, 0.4) is 0 Å². The van der Waals surface area contributed by atoms with Crippen LogP contribution < -0.4 is 4.73 Å². The van der Waals surface area contributed by atoms with Gasteiger partial charge in [0.2, 0.25) is 0 Å². The Hall–Kier alpha value is -1.49. The molecule has 2 aromatic rings. The Bertz CT molecular complexity index is 434. The molecule has 0 bridgehead atoms. The number of thiophene rings is 1. The molecular weight excluding hydrogens is 200 g/mol. The minimum atomic E-state index is 0.287. The van der Waals surface area contributed by atoms with Crippen molar-refractivity contribution in [3.05, 3.63) is 34.1 Å². The number of imidazole rings is 1. The summed E-state index contributed by atoms with van der Waals surface area (Å²) < 4.78 is 1.69. The van der Waals surface area contributed by atoms with Crippen LogP contribution in [0.25, 0.3) is 10.7 Å². The van der Waals surface area contributed by atoms with Gasteiger partial charge in [-0.25, -0.2) is 4.73 Å². The molecule has 2 heterocycles. The number of rotatable bonds is 1. The average molecular weight is 210 g/mol. The number of nitrogens with zero attached hydrogens (tertiary/aromatic N) is 2. The van der Waals surface area contributed by atoms with Crippen LogP contribution in [0.4, 0.5) is 0 Å². The molecule has 0 saturated carbocycles. The molecule has 0 radical (unpaired) electrons. The van der Waals surface area contributed by atoms with Gasteiger partial charge in [-0.2, -0.15) is 0 Å². The van der Waals surface area contributed by atoms with Crippen LogP contribution in [0.2, 0.25) is 0 Å². The van der Waals surface area contributed by atoms with Crippen molar-refractivity contribution in [1.82, 2.24) is 4.73 Å². The maximum atomic E-state index is 11.7. The first-order valence-electron chi connectivity index (χ1n) is 4.17. The summed E-state index contributed by atoms with van der Waals surface area (Å²) in [5, 5.41) is 23.2. The maximum absolute atomic E-state index is 11.7. The van der Waals surface area contributed by atoms with E-state index >= 15 is 0 Å². The zero-order chi connectivity index (χ0) is 10.3. The van der Waals surface area contributed by atoms with Gasteiger partial charge in [0.1, 0.15) is 10.6 Å². The van der Waals surface area contributed by atoms with E-state index in [1.165, 1.54) is 11.3 Å². The minimum Gasteiger partial charge on any atom is -0.710 e. The molecule has 4 nitrogen and oxygen atoms in total. The van der Waals surface area contributed by atoms with E-state index in [1.54, 1.807) is 19.9 Å². The highest BCUT2D eigenvalue weighted by molar-refractivity contribution is 7.13. The first-order valence-corrected chi connectivity index (χ1v) is 5.05. The average Bonchev–Trinajstić information content (AvgIpc) is 2.73. The molecule has 14 heavy (non-hydrogen) atoms. The van der Waals surface area contributed by atoms with Crippen molar-refractivity contribution in [3.63, 3.8) is 0 Å². The Balaban J connectivity index is 2.71. The molecule has 2 aromatic heterocycles. The molecule has 0 aliphatic heterocycles. The predicted molar refractivity (Wildman–Crippen MR) is 53.4 cm³/mol. The molecule has 0 amide bonds. The van der Waals surface area contributed by atoms with Gasteiger partial charge in [0.25, 0.3) is 0 Å². The van der Waals surface area contributed by atoms with E-state index in [0.717, 1.165) is 14.3 Å². The van der Waals surface area contributed by atoms with Gasteiger partial charge in [-0.3, -0.25) is 0 Å². The topological polar surface area (TPSA) is 52.1 Å². The lowest BCUT2D eigenvalue weighted by atomic mass is 10.4. The van der Waals surface area contributed by atoms with Crippen LogP contribution in [-0.2, 0) is 0 Å². The molecule has 74 valence electrons. The Morgan fingerprint density at radius 1 is 1.50 bits per heavy atom. The molecule has 0 aliphatic carbocycles. The molecule has 0 saturated heterocycles. The van der Waals surface area contributed by atoms with Gasteiger partial charge in [-0.15, -0.1) is 11.3 Å². The van der Waals surface area contributed by atoms with Crippen molar-refractivity contribution in [1.29, 1.82) is 0 Å². The predicted octanol–water partition coefficient (Wildman–Crippen LogP) is 1.70. The van der Waals surface area contributed by atoms with E-state index in [0.29, 0.717) is 11.4 Å². The van der Waals surface area contributed by atoms with Crippen LogP contribution in [0.5, 0.6) is 0 Å². The molecule has 0 aliphatic rings. The Labute approximate surface area is 85.2 Å².